The highest BCUT2D eigenvalue weighted by Gasteiger charge is 2.52. The molecule has 1 saturated heterocycles. The zero-order valence-electron chi connectivity index (χ0n) is 15.4. The first-order chi connectivity index (χ1) is 11.7. The third-order valence-corrected chi connectivity index (χ3v) is 4.97. The van der Waals surface area contributed by atoms with Gasteiger partial charge in [0.2, 0.25) is 0 Å². The summed E-state index contributed by atoms with van der Waals surface area (Å²) in [6, 6.07) is 11.4. The van der Waals surface area contributed by atoms with E-state index in [2.05, 4.69) is 0 Å². The molecule has 25 heavy (non-hydrogen) atoms. The molecule has 1 aromatic heterocycles. The Bertz CT molecular complexity index is 751. The second kappa shape index (κ2) is 6.35. The van der Waals surface area contributed by atoms with Crippen molar-refractivity contribution < 1.29 is 18.8 Å². The van der Waals surface area contributed by atoms with Crippen molar-refractivity contribution in [3.63, 3.8) is 0 Å². The molecule has 0 saturated carbocycles. The number of rotatable bonds is 4. The smallest absolute Gasteiger partial charge is 0.456 e. The highest BCUT2D eigenvalue weighted by Crippen LogP contribution is 2.36. The molecule has 1 aliphatic rings. The summed E-state index contributed by atoms with van der Waals surface area (Å²) >= 11 is 0. The maximum atomic E-state index is 12.4. The lowest BCUT2D eigenvalue weighted by Crippen LogP contribution is -2.41. The normalized spacial score (nSPS) is 18.4. The van der Waals surface area contributed by atoms with Crippen LogP contribution in [-0.2, 0) is 27.7 Å². The van der Waals surface area contributed by atoms with Crippen molar-refractivity contribution in [1.29, 1.82) is 0 Å². The van der Waals surface area contributed by atoms with E-state index in [4.69, 9.17) is 14.0 Å². The molecular formula is C19H24BNO4. The van der Waals surface area contributed by atoms with Gasteiger partial charge in [-0.1, -0.05) is 30.3 Å². The largest absolute Gasteiger partial charge is 0.496 e. The minimum Gasteiger partial charge on any atom is -0.456 e. The first-order valence-electron chi connectivity index (χ1n) is 8.42. The Hall–Kier alpha value is -2.05. The van der Waals surface area contributed by atoms with Crippen LogP contribution >= 0.6 is 0 Å². The highest BCUT2D eigenvalue weighted by atomic mass is 16.7. The van der Waals surface area contributed by atoms with Crippen LogP contribution in [0.1, 0.15) is 43.7 Å². The first-order valence-corrected chi connectivity index (χ1v) is 8.42. The number of aromatic nitrogens is 1. The number of ether oxygens (including phenoxy) is 1. The molecule has 0 radical (unpaired) electrons. The minimum absolute atomic E-state index is 0.247. The predicted octanol–water partition coefficient (Wildman–Crippen LogP) is 2.68. The van der Waals surface area contributed by atoms with E-state index < -0.39 is 18.3 Å². The van der Waals surface area contributed by atoms with Crippen LogP contribution < -0.4 is 5.46 Å². The number of hydrogen-bond acceptors (Lipinski definition) is 4. The Balaban J connectivity index is 1.71. The summed E-state index contributed by atoms with van der Waals surface area (Å²) in [7, 11) is 1.32. The van der Waals surface area contributed by atoms with Gasteiger partial charge < -0.3 is 18.6 Å². The molecule has 5 nitrogen and oxygen atoms in total. The average Bonchev–Trinajstić information content (AvgIpc) is 3.03. The van der Waals surface area contributed by atoms with E-state index in [-0.39, 0.29) is 12.6 Å². The van der Waals surface area contributed by atoms with Crippen LogP contribution in [0.4, 0.5) is 0 Å². The standard InChI is InChI=1S/C19H24BNO4/c1-18(2)19(3,4)25-20(24-18)15-11-16(21(5)12-15)17(22)23-13-14-9-7-6-8-10-14/h6-12H,13H2,1-5H3. The number of esters is 1. The maximum Gasteiger partial charge on any atom is 0.496 e. The maximum absolute atomic E-state index is 12.4. The molecule has 0 spiro atoms. The molecule has 132 valence electrons. The van der Waals surface area contributed by atoms with Crippen LogP contribution in [0.15, 0.2) is 42.6 Å². The van der Waals surface area contributed by atoms with Gasteiger partial charge in [0.05, 0.1) is 11.2 Å². The lowest BCUT2D eigenvalue weighted by molar-refractivity contribution is 0.00578. The van der Waals surface area contributed by atoms with Gasteiger partial charge >= 0.3 is 13.1 Å². The van der Waals surface area contributed by atoms with Gasteiger partial charge in [-0.3, -0.25) is 0 Å². The van der Waals surface area contributed by atoms with Crippen molar-refractivity contribution in [2.45, 2.75) is 45.5 Å². The quantitative estimate of drug-likeness (QED) is 0.634. The number of benzene rings is 1. The molecule has 1 fully saturated rings. The average molecular weight is 341 g/mol. The summed E-state index contributed by atoms with van der Waals surface area (Å²) in [6.45, 7) is 8.27. The lowest BCUT2D eigenvalue weighted by Gasteiger charge is -2.32. The van der Waals surface area contributed by atoms with Crippen molar-refractivity contribution in [3.05, 3.63) is 53.9 Å². The fourth-order valence-electron chi connectivity index (χ4n) is 2.70. The molecular weight excluding hydrogens is 317 g/mol. The Labute approximate surface area is 149 Å². The monoisotopic (exact) mass is 341 g/mol. The summed E-state index contributed by atoms with van der Waals surface area (Å²) < 4.78 is 19.2. The Morgan fingerprint density at radius 2 is 1.72 bits per heavy atom. The van der Waals surface area contributed by atoms with Crippen molar-refractivity contribution in [2.75, 3.05) is 0 Å². The van der Waals surface area contributed by atoms with Gasteiger partial charge in [-0.2, -0.15) is 0 Å². The molecule has 2 aromatic rings. The van der Waals surface area contributed by atoms with Gasteiger partial charge in [-0.15, -0.1) is 0 Å². The zero-order valence-corrected chi connectivity index (χ0v) is 15.4. The highest BCUT2D eigenvalue weighted by molar-refractivity contribution is 6.62. The summed E-state index contributed by atoms with van der Waals surface area (Å²) in [6.07, 6.45) is 1.85. The molecule has 0 amide bonds. The summed E-state index contributed by atoms with van der Waals surface area (Å²) in [5.74, 6) is -0.367. The molecule has 0 unspecified atom stereocenters. The SMILES string of the molecule is Cn1cc(B2OC(C)(C)C(C)(C)O2)cc1C(=O)OCc1ccccc1. The minimum atomic E-state index is -0.494. The fraction of sp³-hybridized carbons (Fsp3) is 0.421. The number of nitrogens with zero attached hydrogens (tertiary/aromatic N) is 1. The van der Waals surface area contributed by atoms with Gasteiger partial charge in [0.1, 0.15) is 12.3 Å². The second-order valence-electron chi connectivity index (χ2n) is 7.42. The van der Waals surface area contributed by atoms with Gasteiger partial charge in [-0.25, -0.2) is 4.79 Å². The molecule has 2 heterocycles. The van der Waals surface area contributed by atoms with Crippen molar-refractivity contribution >= 4 is 18.6 Å². The molecule has 1 aliphatic heterocycles. The molecule has 3 rings (SSSR count). The summed E-state index contributed by atoms with van der Waals surface area (Å²) in [5.41, 5.74) is 1.41. The van der Waals surface area contributed by atoms with Crippen LogP contribution in [0.2, 0.25) is 0 Å². The fourth-order valence-corrected chi connectivity index (χ4v) is 2.70. The Morgan fingerprint density at radius 3 is 2.32 bits per heavy atom. The first kappa shape index (κ1) is 17.8. The number of aryl methyl sites for hydroxylation is 1. The van der Waals surface area contributed by atoms with Crippen LogP contribution in [0.25, 0.3) is 0 Å². The molecule has 0 bridgehead atoms. The van der Waals surface area contributed by atoms with E-state index in [1.165, 1.54) is 0 Å². The number of hydrogen-bond donors (Lipinski definition) is 0. The van der Waals surface area contributed by atoms with E-state index in [1.54, 1.807) is 10.6 Å². The zero-order chi connectivity index (χ0) is 18.2. The predicted molar refractivity (Wildman–Crippen MR) is 96.7 cm³/mol. The van der Waals surface area contributed by atoms with Crippen molar-refractivity contribution in [2.24, 2.45) is 7.05 Å². The van der Waals surface area contributed by atoms with Crippen molar-refractivity contribution in [3.8, 4) is 0 Å². The number of carbonyl (C=O) groups is 1. The van der Waals surface area contributed by atoms with Crippen LogP contribution in [0.5, 0.6) is 0 Å². The topological polar surface area (TPSA) is 49.7 Å². The van der Waals surface area contributed by atoms with Gasteiger partial charge in [0, 0.05) is 18.7 Å². The van der Waals surface area contributed by atoms with E-state index in [9.17, 15) is 4.79 Å². The van der Waals surface area contributed by atoms with Gasteiger partial charge in [-0.05, 0) is 39.3 Å². The van der Waals surface area contributed by atoms with Gasteiger partial charge in [0.15, 0.2) is 0 Å². The van der Waals surface area contributed by atoms with Crippen LogP contribution in [-0.4, -0.2) is 28.9 Å². The van der Waals surface area contributed by atoms with E-state index in [1.807, 2.05) is 71.3 Å². The van der Waals surface area contributed by atoms with Crippen molar-refractivity contribution in [1.82, 2.24) is 4.57 Å². The van der Waals surface area contributed by atoms with Gasteiger partial charge in [0.25, 0.3) is 0 Å². The second-order valence-corrected chi connectivity index (χ2v) is 7.42. The summed E-state index contributed by atoms with van der Waals surface area (Å²) in [4.78, 5) is 12.4. The van der Waals surface area contributed by atoms with E-state index >= 15 is 0 Å². The summed E-state index contributed by atoms with van der Waals surface area (Å²) in [5, 5.41) is 0. The molecule has 0 atom stereocenters. The molecule has 0 aliphatic carbocycles. The van der Waals surface area contributed by atoms with Crippen LogP contribution in [0, 0.1) is 0 Å². The molecule has 0 N–H and O–H groups in total. The molecule has 6 heteroatoms. The number of carbonyl (C=O) groups excluding carboxylic acids is 1. The Morgan fingerprint density at radius 1 is 1.12 bits per heavy atom. The molecule has 1 aromatic carbocycles. The third kappa shape index (κ3) is 3.50. The lowest BCUT2D eigenvalue weighted by atomic mass is 9.81. The third-order valence-electron chi connectivity index (χ3n) is 4.97. The van der Waals surface area contributed by atoms with Crippen LogP contribution in [0.3, 0.4) is 0 Å². The van der Waals surface area contributed by atoms with E-state index in [0.717, 1.165) is 11.0 Å². The van der Waals surface area contributed by atoms with E-state index in [0.29, 0.717) is 5.69 Å². The Kier molecular flexibility index (Phi) is 4.52.